The van der Waals surface area contributed by atoms with Crippen LogP contribution >= 0.6 is 0 Å². The number of nitrogens with two attached hydrogens (primary N) is 1. The predicted octanol–water partition coefficient (Wildman–Crippen LogP) is 0.572. The molecule has 1 saturated heterocycles. The number of carbonyl (C=O) groups excluding carboxylic acids is 1. The lowest BCUT2D eigenvalue weighted by Gasteiger charge is -2.26. The highest BCUT2D eigenvalue weighted by Crippen LogP contribution is 2.17. The molecule has 1 heterocycles. The number of amides is 1. The van der Waals surface area contributed by atoms with Gasteiger partial charge < -0.3 is 16.0 Å². The summed E-state index contributed by atoms with van der Waals surface area (Å²) in [6, 6.07) is -0.425. The highest BCUT2D eigenvalue weighted by atomic mass is 16.2. The van der Waals surface area contributed by atoms with Gasteiger partial charge in [0, 0.05) is 13.1 Å². The van der Waals surface area contributed by atoms with E-state index in [0.29, 0.717) is 6.54 Å². The molecule has 0 aromatic carbocycles. The van der Waals surface area contributed by atoms with Crippen LogP contribution in [0.2, 0.25) is 0 Å². The molecule has 4 heteroatoms. The van der Waals surface area contributed by atoms with Crippen LogP contribution in [0.4, 0.5) is 0 Å². The largest absolute Gasteiger partial charge is 0.353 e. The van der Waals surface area contributed by atoms with Gasteiger partial charge in [0.15, 0.2) is 0 Å². The minimum atomic E-state index is -0.425. The van der Waals surface area contributed by atoms with Crippen molar-refractivity contribution in [2.45, 2.75) is 39.7 Å². The van der Waals surface area contributed by atoms with Gasteiger partial charge in [-0.05, 0) is 31.3 Å². The van der Waals surface area contributed by atoms with Crippen molar-refractivity contribution in [3.05, 3.63) is 0 Å². The summed E-state index contributed by atoms with van der Waals surface area (Å²) in [5, 5.41) is 2.91. The number of nitrogens with zero attached hydrogens (tertiary/aromatic N) is 1. The molecule has 1 amide bonds. The summed E-state index contributed by atoms with van der Waals surface area (Å²) in [7, 11) is 0. The van der Waals surface area contributed by atoms with Gasteiger partial charge in [-0.25, -0.2) is 0 Å². The van der Waals surface area contributed by atoms with E-state index in [2.05, 4.69) is 10.2 Å². The van der Waals surface area contributed by atoms with Crippen LogP contribution in [0.15, 0.2) is 0 Å². The van der Waals surface area contributed by atoms with E-state index in [4.69, 9.17) is 5.73 Å². The molecule has 0 aliphatic carbocycles. The van der Waals surface area contributed by atoms with Crippen molar-refractivity contribution >= 4 is 5.91 Å². The molecular weight excluding hydrogens is 202 g/mol. The van der Waals surface area contributed by atoms with Crippen molar-refractivity contribution in [1.29, 1.82) is 0 Å². The lowest BCUT2D eigenvalue weighted by Crippen LogP contribution is -2.49. The maximum atomic E-state index is 11.7. The van der Waals surface area contributed by atoms with Crippen molar-refractivity contribution < 1.29 is 4.79 Å². The Morgan fingerprint density at radius 1 is 1.38 bits per heavy atom. The highest BCUT2D eigenvalue weighted by Gasteiger charge is 2.27. The lowest BCUT2D eigenvalue weighted by atomic mass is 9.87. The zero-order valence-electron chi connectivity index (χ0n) is 10.8. The molecule has 94 valence electrons. The summed E-state index contributed by atoms with van der Waals surface area (Å²) in [6.45, 7) is 9.95. The van der Waals surface area contributed by atoms with Gasteiger partial charge in [-0.3, -0.25) is 4.79 Å². The second kappa shape index (κ2) is 5.64. The number of hydrogen-bond donors (Lipinski definition) is 2. The Morgan fingerprint density at radius 3 is 2.44 bits per heavy atom. The molecule has 1 fully saturated rings. The van der Waals surface area contributed by atoms with Gasteiger partial charge in [-0.15, -0.1) is 0 Å². The Kier molecular flexibility index (Phi) is 4.74. The fourth-order valence-electron chi connectivity index (χ4n) is 1.85. The molecule has 0 spiro atoms. The zero-order valence-corrected chi connectivity index (χ0v) is 10.8. The standard InChI is InChI=1S/C12H25N3O/c1-12(2,3)10(13)11(16)14-6-9-15-7-4-5-8-15/h10H,4-9,13H2,1-3H3,(H,14,16). The third-order valence-corrected chi connectivity index (χ3v) is 3.14. The van der Waals surface area contributed by atoms with Crippen LogP contribution in [0.3, 0.4) is 0 Å². The first-order valence-electron chi connectivity index (χ1n) is 6.17. The molecule has 0 aromatic rings. The number of nitrogens with one attached hydrogen (secondary N) is 1. The average molecular weight is 227 g/mol. The Bertz CT molecular complexity index is 229. The van der Waals surface area contributed by atoms with Crippen LogP contribution < -0.4 is 11.1 Å². The summed E-state index contributed by atoms with van der Waals surface area (Å²) in [4.78, 5) is 14.1. The summed E-state index contributed by atoms with van der Waals surface area (Å²) in [5.74, 6) is -0.0355. The second-order valence-corrected chi connectivity index (χ2v) is 5.68. The predicted molar refractivity (Wildman–Crippen MR) is 66.1 cm³/mol. The Labute approximate surface area is 98.6 Å². The van der Waals surface area contributed by atoms with Crippen LogP contribution in [0.1, 0.15) is 33.6 Å². The minimum Gasteiger partial charge on any atom is -0.353 e. The summed E-state index contributed by atoms with van der Waals surface area (Å²) in [5.41, 5.74) is 5.69. The number of rotatable bonds is 4. The Morgan fingerprint density at radius 2 is 1.94 bits per heavy atom. The monoisotopic (exact) mass is 227 g/mol. The topological polar surface area (TPSA) is 58.4 Å². The first-order valence-corrected chi connectivity index (χ1v) is 6.17. The van der Waals surface area contributed by atoms with Crippen molar-refractivity contribution in [1.82, 2.24) is 10.2 Å². The van der Waals surface area contributed by atoms with Crippen molar-refractivity contribution in [2.75, 3.05) is 26.2 Å². The molecule has 0 aromatic heterocycles. The SMILES string of the molecule is CC(C)(C)C(N)C(=O)NCCN1CCCC1. The van der Waals surface area contributed by atoms with E-state index in [0.717, 1.165) is 6.54 Å². The molecule has 1 aliphatic heterocycles. The third-order valence-electron chi connectivity index (χ3n) is 3.14. The average Bonchev–Trinajstić information content (AvgIpc) is 2.67. The molecule has 0 bridgehead atoms. The van der Waals surface area contributed by atoms with Gasteiger partial charge in [0.05, 0.1) is 6.04 Å². The first-order chi connectivity index (χ1) is 7.41. The molecule has 1 rings (SSSR count). The summed E-state index contributed by atoms with van der Waals surface area (Å²) < 4.78 is 0. The van der Waals surface area contributed by atoms with E-state index >= 15 is 0 Å². The summed E-state index contributed by atoms with van der Waals surface area (Å²) >= 11 is 0. The molecule has 0 radical (unpaired) electrons. The maximum Gasteiger partial charge on any atom is 0.237 e. The lowest BCUT2D eigenvalue weighted by molar-refractivity contribution is -0.124. The molecular formula is C12H25N3O. The molecule has 1 unspecified atom stereocenters. The highest BCUT2D eigenvalue weighted by molar-refractivity contribution is 5.82. The van der Waals surface area contributed by atoms with Gasteiger partial charge in [-0.1, -0.05) is 20.8 Å². The van der Waals surface area contributed by atoms with E-state index in [1.165, 1.54) is 25.9 Å². The number of likely N-dealkylation sites (tertiary alicyclic amines) is 1. The van der Waals surface area contributed by atoms with E-state index < -0.39 is 6.04 Å². The zero-order chi connectivity index (χ0) is 12.2. The quantitative estimate of drug-likeness (QED) is 0.738. The third kappa shape index (κ3) is 4.10. The maximum absolute atomic E-state index is 11.7. The smallest absolute Gasteiger partial charge is 0.237 e. The molecule has 1 aliphatic rings. The first kappa shape index (κ1) is 13.5. The Hall–Kier alpha value is -0.610. The van der Waals surface area contributed by atoms with Crippen LogP contribution in [0, 0.1) is 5.41 Å². The Balaban J connectivity index is 2.19. The van der Waals surface area contributed by atoms with E-state index in [1.807, 2.05) is 20.8 Å². The van der Waals surface area contributed by atoms with E-state index in [9.17, 15) is 4.79 Å². The van der Waals surface area contributed by atoms with E-state index in [-0.39, 0.29) is 11.3 Å². The van der Waals surface area contributed by atoms with Gasteiger partial charge in [-0.2, -0.15) is 0 Å². The van der Waals surface area contributed by atoms with Gasteiger partial charge >= 0.3 is 0 Å². The minimum absolute atomic E-state index is 0.0355. The van der Waals surface area contributed by atoms with Crippen LogP contribution in [-0.2, 0) is 4.79 Å². The van der Waals surface area contributed by atoms with Crippen LogP contribution in [0.5, 0.6) is 0 Å². The van der Waals surface area contributed by atoms with Crippen LogP contribution in [-0.4, -0.2) is 43.0 Å². The van der Waals surface area contributed by atoms with E-state index in [1.54, 1.807) is 0 Å². The normalized spacial score (nSPS) is 19.8. The van der Waals surface area contributed by atoms with Crippen molar-refractivity contribution in [3.8, 4) is 0 Å². The molecule has 4 nitrogen and oxygen atoms in total. The van der Waals surface area contributed by atoms with Crippen LogP contribution in [0.25, 0.3) is 0 Å². The molecule has 1 atom stereocenters. The number of hydrogen-bond acceptors (Lipinski definition) is 3. The summed E-state index contributed by atoms with van der Waals surface area (Å²) in [6.07, 6.45) is 2.57. The van der Waals surface area contributed by atoms with Crippen molar-refractivity contribution in [2.24, 2.45) is 11.1 Å². The fraction of sp³-hybridized carbons (Fsp3) is 0.917. The van der Waals surface area contributed by atoms with Gasteiger partial charge in [0.25, 0.3) is 0 Å². The molecule has 3 N–H and O–H groups in total. The van der Waals surface area contributed by atoms with Gasteiger partial charge in [0.1, 0.15) is 0 Å². The fourth-order valence-corrected chi connectivity index (χ4v) is 1.85. The molecule has 0 saturated carbocycles. The molecule has 16 heavy (non-hydrogen) atoms. The van der Waals surface area contributed by atoms with Gasteiger partial charge in [0.2, 0.25) is 5.91 Å². The second-order valence-electron chi connectivity index (χ2n) is 5.68. The van der Waals surface area contributed by atoms with Crippen molar-refractivity contribution in [3.63, 3.8) is 0 Å². The number of carbonyl (C=O) groups is 1.